The van der Waals surface area contributed by atoms with Crippen molar-refractivity contribution in [3.63, 3.8) is 0 Å². The Morgan fingerprint density at radius 1 is 1.69 bits per heavy atom. The van der Waals surface area contributed by atoms with Gasteiger partial charge in [-0.2, -0.15) is 0 Å². The summed E-state index contributed by atoms with van der Waals surface area (Å²) in [6.45, 7) is 5.17. The topological polar surface area (TPSA) is 49.9 Å². The van der Waals surface area contributed by atoms with E-state index in [9.17, 15) is 0 Å². The molecule has 1 aromatic rings. The first-order chi connectivity index (χ1) is 7.86. The average molecular weight is 223 g/mol. The third kappa shape index (κ3) is 3.32. The van der Waals surface area contributed by atoms with Gasteiger partial charge < -0.3 is 15.0 Å². The van der Waals surface area contributed by atoms with Crippen molar-refractivity contribution < 1.29 is 4.74 Å². The molecule has 0 amide bonds. The van der Waals surface area contributed by atoms with E-state index in [1.54, 1.807) is 6.20 Å². The van der Waals surface area contributed by atoms with E-state index in [1.807, 2.05) is 6.20 Å². The molecule has 2 N–H and O–H groups in total. The summed E-state index contributed by atoms with van der Waals surface area (Å²) in [6, 6.07) is 0.569. The highest BCUT2D eigenvalue weighted by molar-refractivity contribution is 4.87. The zero-order valence-corrected chi connectivity index (χ0v) is 9.91. The van der Waals surface area contributed by atoms with Gasteiger partial charge in [0, 0.05) is 31.5 Å². The molecule has 2 unspecified atom stereocenters. The molecule has 1 aromatic heterocycles. The van der Waals surface area contributed by atoms with E-state index >= 15 is 0 Å². The van der Waals surface area contributed by atoms with Crippen LogP contribution in [0.2, 0.25) is 0 Å². The van der Waals surface area contributed by atoms with Crippen LogP contribution in [0.5, 0.6) is 0 Å². The Bertz CT molecular complexity index is 280. The number of H-pyrrole nitrogens is 1. The first kappa shape index (κ1) is 11.6. The van der Waals surface area contributed by atoms with Crippen LogP contribution in [0.15, 0.2) is 12.4 Å². The Labute approximate surface area is 96.8 Å². The van der Waals surface area contributed by atoms with E-state index in [2.05, 4.69) is 22.2 Å². The largest absolute Gasteiger partial charge is 0.381 e. The summed E-state index contributed by atoms with van der Waals surface area (Å²) in [7, 11) is 0. The maximum Gasteiger partial charge on any atom is 0.106 e. The Balaban J connectivity index is 1.57. The highest BCUT2D eigenvalue weighted by Crippen LogP contribution is 2.16. The van der Waals surface area contributed by atoms with Gasteiger partial charge in [0.05, 0.1) is 6.61 Å². The number of hydrogen-bond donors (Lipinski definition) is 2. The number of aryl methyl sites for hydroxylation is 1. The highest BCUT2D eigenvalue weighted by Gasteiger charge is 2.21. The molecule has 0 saturated carbocycles. The molecular weight excluding hydrogens is 202 g/mol. The molecule has 1 fully saturated rings. The lowest BCUT2D eigenvalue weighted by atomic mass is 10.0. The first-order valence-corrected chi connectivity index (χ1v) is 6.15. The van der Waals surface area contributed by atoms with Gasteiger partial charge in [0.1, 0.15) is 5.82 Å². The summed E-state index contributed by atoms with van der Waals surface area (Å²) >= 11 is 0. The van der Waals surface area contributed by atoms with Gasteiger partial charge in [-0.3, -0.25) is 0 Å². The Morgan fingerprint density at radius 3 is 3.31 bits per heavy atom. The zero-order valence-electron chi connectivity index (χ0n) is 9.91. The number of aromatic amines is 1. The van der Waals surface area contributed by atoms with Crippen molar-refractivity contribution in [1.82, 2.24) is 15.3 Å². The SMILES string of the molecule is CC(NCCCc1ncc[nH]1)C1CCOC1. The van der Waals surface area contributed by atoms with E-state index in [0.717, 1.165) is 38.4 Å². The fourth-order valence-electron chi connectivity index (χ4n) is 2.13. The van der Waals surface area contributed by atoms with Crippen LogP contribution in [-0.4, -0.2) is 35.8 Å². The second-order valence-electron chi connectivity index (χ2n) is 4.51. The van der Waals surface area contributed by atoms with Gasteiger partial charge in [-0.1, -0.05) is 0 Å². The Morgan fingerprint density at radius 2 is 2.62 bits per heavy atom. The number of imidazole rings is 1. The molecule has 90 valence electrons. The molecule has 0 spiro atoms. The summed E-state index contributed by atoms with van der Waals surface area (Å²) in [5.41, 5.74) is 0. The molecule has 4 nitrogen and oxygen atoms in total. The average Bonchev–Trinajstić information content (AvgIpc) is 2.96. The Hall–Kier alpha value is -0.870. The van der Waals surface area contributed by atoms with Gasteiger partial charge in [0.15, 0.2) is 0 Å². The molecular formula is C12H21N3O. The molecule has 0 aliphatic carbocycles. The fourth-order valence-corrected chi connectivity index (χ4v) is 2.13. The molecule has 1 aliphatic heterocycles. The third-order valence-electron chi connectivity index (χ3n) is 3.28. The Kier molecular flexibility index (Phi) is 4.36. The minimum Gasteiger partial charge on any atom is -0.381 e. The van der Waals surface area contributed by atoms with Crippen molar-refractivity contribution in [1.29, 1.82) is 0 Å². The van der Waals surface area contributed by atoms with Crippen LogP contribution in [-0.2, 0) is 11.2 Å². The molecule has 0 bridgehead atoms. The van der Waals surface area contributed by atoms with E-state index in [-0.39, 0.29) is 0 Å². The van der Waals surface area contributed by atoms with Gasteiger partial charge in [-0.15, -0.1) is 0 Å². The van der Waals surface area contributed by atoms with Gasteiger partial charge >= 0.3 is 0 Å². The van der Waals surface area contributed by atoms with E-state index in [0.29, 0.717) is 12.0 Å². The number of nitrogens with zero attached hydrogens (tertiary/aromatic N) is 1. The standard InChI is InChI=1S/C12H21N3O/c1-10(11-4-8-16-9-11)13-5-2-3-12-14-6-7-15-12/h6-7,10-11,13H,2-5,8-9H2,1H3,(H,14,15). The predicted molar refractivity (Wildman–Crippen MR) is 63.3 cm³/mol. The molecule has 2 rings (SSSR count). The van der Waals surface area contributed by atoms with Crippen LogP contribution in [0.3, 0.4) is 0 Å². The van der Waals surface area contributed by atoms with E-state index in [4.69, 9.17) is 4.74 Å². The lowest BCUT2D eigenvalue weighted by Gasteiger charge is -2.18. The quantitative estimate of drug-likeness (QED) is 0.716. The molecule has 1 aliphatic rings. The van der Waals surface area contributed by atoms with Crippen molar-refractivity contribution in [3.8, 4) is 0 Å². The summed E-state index contributed by atoms with van der Waals surface area (Å²) in [6.07, 6.45) is 7.04. The predicted octanol–water partition coefficient (Wildman–Crippen LogP) is 1.36. The number of nitrogens with one attached hydrogen (secondary N) is 2. The van der Waals surface area contributed by atoms with Crippen LogP contribution < -0.4 is 5.32 Å². The lowest BCUT2D eigenvalue weighted by Crippen LogP contribution is -2.34. The van der Waals surface area contributed by atoms with Crippen LogP contribution in [0.25, 0.3) is 0 Å². The normalized spacial score (nSPS) is 22.4. The third-order valence-corrected chi connectivity index (χ3v) is 3.28. The molecule has 0 aromatic carbocycles. The summed E-state index contributed by atoms with van der Waals surface area (Å²) < 4.78 is 5.39. The molecule has 16 heavy (non-hydrogen) atoms. The van der Waals surface area contributed by atoms with Crippen molar-refractivity contribution in [3.05, 3.63) is 18.2 Å². The van der Waals surface area contributed by atoms with Crippen molar-refractivity contribution in [2.24, 2.45) is 5.92 Å². The van der Waals surface area contributed by atoms with E-state index < -0.39 is 0 Å². The number of aromatic nitrogens is 2. The maximum absolute atomic E-state index is 5.39. The number of rotatable bonds is 6. The van der Waals surface area contributed by atoms with E-state index in [1.165, 1.54) is 6.42 Å². The molecule has 1 saturated heterocycles. The molecule has 2 heterocycles. The zero-order chi connectivity index (χ0) is 11.2. The van der Waals surface area contributed by atoms with Gasteiger partial charge in [-0.25, -0.2) is 4.98 Å². The summed E-state index contributed by atoms with van der Waals surface area (Å²) in [5.74, 6) is 1.78. The minimum atomic E-state index is 0.569. The second-order valence-corrected chi connectivity index (χ2v) is 4.51. The minimum absolute atomic E-state index is 0.569. The fraction of sp³-hybridized carbons (Fsp3) is 0.750. The van der Waals surface area contributed by atoms with Gasteiger partial charge in [0.25, 0.3) is 0 Å². The van der Waals surface area contributed by atoms with Crippen LogP contribution in [0, 0.1) is 5.92 Å². The summed E-state index contributed by atoms with van der Waals surface area (Å²) in [5, 5.41) is 3.57. The molecule has 4 heteroatoms. The smallest absolute Gasteiger partial charge is 0.106 e. The van der Waals surface area contributed by atoms with Crippen molar-refractivity contribution in [2.75, 3.05) is 19.8 Å². The van der Waals surface area contributed by atoms with Gasteiger partial charge in [-0.05, 0) is 32.2 Å². The van der Waals surface area contributed by atoms with Crippen LogP contribution in [0.4, 0.5) is 0 Å². The first-order valence-electron chi connectivity index (χ1n) is 6.15. The monoisotopic (exact) mass is 223 g/mol. The van der Waals surface area contributed by atoms with Gasteiger partial charge in [0.2, 0.25) is 0 Å². The van der Waals surface area contributed by atoms with Crippen LogP contribution >= 0.6 is 0 Å². The summed E-state index contributed by atoms with van der Waals surface area (Å²) in [4.78, 5) is 7.33. The molecule has 2 atom stereocenters. The molecule has 0 radical (unpaired) electrons. The number of ether oxygens (including phenoxy) is 1. The maximum atomic E-state index is 5.39. The van der Waals surface area contributed by atoms with Crippen LogP contribution in [0.1, 0.15) is 25.6 Å². The van der Waals surface area contributed by atoms with Crippen molar-refractivity contribution >= 4 is 0 Å². The van der Waals surface area contributed by atoms with Crippen molar-refractivity contribution in [2.45, 2.75) is 32.2 Å². The lowest BCUT2D eigenvalue weighted by molar-refractivity contribution is 0.178. The highest BCUT2D eigenvalue weighted by atomic mass is 16.5. The number of hydrogen-bond acceptors (Lipinski definition) is 3. The second kappa shape index (κ2) is 6.01.